The molecule has 31 heavy (non-hydrogen) atoms. The van der Waals surface area contributed by atoms with Crippen molar-refractivity contribution in [3.05, 3.63) is 78.5 Å². The minimum absolute atomic E-state index is 0.106. The van der Waals surface area contributed by atoms with Gasteiger partial charge in [-0.15, -0.1) is 0 Å². The summed E-state index contributed by atoms with van der Waals surface area (Å²) in [4.78, 5) is 32.9. The van der Waals surface area contributed by atoms with Crippen LogP contribution in [0.4, 0.5) is 22.0 Å². The van der Waals surface area contributed by atoms with Gasteiger partial charge in [0.1, 0.15) is 11.6 Å². The zero-order valence-corrected chi connectivity index (χ0v) is 17.3. The summed E-state index contributed by atoms with van der Waals surface area (Å²) in [6.45, 7) is 3.70. The molecule has 7 heteroatoms. The van der Waals surface area contributed by atoms with Crippen LogP contribution in [-0.4, -0.2) is 36.6 Å². The lowest BCUT2D eigenvalue weighted by Gasteiger charge is -2.18. The summed E-state index contributed by atoms with van der Waals surface area (Å²) in [5.41, 5.74) is 2.36. The number of nitrogens with zero attached hydrogens (tertiary/aromatic N) is 3. The van der Waals surface area contributed by atoms with Gasteiger partial charge >= 0.3 is 6.03 Å². The van der Waals surface area contributed by atoms with Crippen LogP contribution >= 0.6 is 0 Å². The van der Waals surface area contributed by atoms with Crippen molar-refractivity contribution in [2.45, 2.75) is 13.3 Å². The predicted octanol–water partition coefficient (Wildman–Crippen LogP) is 4.11. The Labute approximate surface area is 181 Å². The molecule has 1 N–H and O–H groups in total. The highest BCUT2D eigenvalue weighted by Crippen LogP contribution is 2.24. The number of carbonyl (C=O) groups is 2. The molecular weight excluding hydrogens is 392 g/mol. The summed E-state index contributed by atoms with van der Waals surface area (Å²) in [6, 6.07) is 20.4. The van der Waals surface area contributed by atoms with Gasteiger partial charge in [-0.3, -0.25) is 14.6 Å². The average Bonchev–Trinajstić information content (AvgIpc) is 3.18. The number of nitrogens with one attached hydrogen (secondary N) is 1. The molecule has 0 radical (unpaired) electrons. The summed E-state index contributed by atoms with van der Waals surface area (Å²) < 4.78 is 5.41. The molecule has 1 fully saturated rings. The summed E-state index contributed by atoms with van der Waals surface area (Å²) in [6.07, 6.45) is 1.83. The number of pyridine rings is 1. The van der Waals surface area contributed by atoms with Crippen LogP contribution in [0.1, 0.15) is 12.5 Å². The Morgan fingerprint density at radius 3 is 2.42 bits per heavy atom. The first-order chi connectivity index (χ1) is 15.1. The third-order valence-corrected chi connectivity index (χ3v) is 4.98. The normalized spacial score (nSPS) is 13.4. The molecule has 0 bridgehead atoms. The first-order valence-corrected chi connectivity index (χ1v) is 10.3. The van der Waals surface area contributed by atoms with Crippen LogP contribution < -0.4 is 19.9 Å². The van der Waals surface area contributed by atoms with E-state index in [1.807, 2.05) is 61.5 Å². The van der Waals surface area contributed by atoms with Gasteiger partial charge in [-0.1, -0.05) is 30.3 Å². The van der Waals surface area contributed by atoms with E-state index in [1.54, 1.807) is 28.1 Å². The van der Waals surface area contributed by atoms with E-state index in [0.717, 1.165) is 17.0 Å². The predicted molar refractivity (Wildman–Crippen MR) is 121 cm³/mol. The second-order valence-corrected chi connectivity index (χ2v) is 7.13. The molecule has 4 rings (SSSR count). The van der Waals surface area contributed by atoms with E-state index in [-0.39, 0.29) is 18.4 Å². The van der Waals surface area contributed by atoms with E-state index in [0.29, 0.717) is 31.2 Å². The average molecular weight is 416 g/mol. The van der Waals surface area contributed by atoms with Crippen LogP contribution in [0.2, 0.25) is 0 Å². The number of carbonyl (C=O) groups excluding carboxylic acids is 2. The smallest absolute Gasteiger partial charge is 0.330 e. The topological polar surface area (TPSA) is 74.8 Å². The summed E-state index contributed by atoms with van der Waals surface area (Å²) in [5.74, 6) is 1.22. The number of urea groups is 1. The fourth-order valence-electron chi connectivity index (χ4n) is 3.48. The molecule has 1 aliphatic heterocycles. The zero-order chi connectivity index (χ0) is 21.6. The van der Waals surface area contributed by atoms with Crippen molar-refractivity contribution in [2.24, 2.45) is 0 Å². The number of benzene rings is 2. The van der Waals surface area contributed by atoms with E-state index in [4.69, 9.17) is 4.74 Å². The number of ether oxygens (including phenoxy) is 1. The Morgan fingerprint density at radius 1 is 1.00 bits per heavy atom. The Morgan fingerprint density at radius 2 is 1.74 bits per heavy atom. The standard InChI is InChI=1S/C24H24N4O3/c1-2-31-21-11-8-18(9-12-21)16-23(29)26-19-10-13-22(25-17-19)28-15-14-27(24(28)30)20-6-4-3-5-7-20/h3-13,17H,2,14-16H2,1H3,(H,26,29). The lowest BCUT2D eigenvalue weighted by atomic mass is 10.1. The molecule has 0 unspecified atom stereocenters. The Hall–Kier alpha value is -3.87. The number of rotatable bonds is 7. The van der Waals surface area contributed by atoms with Crippen LogP contribution in [0.15, 0.2) is 72.9 Å². The number of para-hydroxylation sites is 1. The maximum atomic E-state index is 12.8. The molecule has 3 amide bonds. The van der Waals surface area contributed by atoms with Crippen molar-refractivity contribution in [2.75, 3.05) is 34.8 Å². The van der Waals surface area contributed by atoms with Gasteiger partial charge in [0.15, 0.2) is 0 Å². The molecule has 2 aromatic carbocycles. The minimum Gasteiger partial charge on any atom is -0.494 e. The van der Waals surface area contributed by atoms with Crippen LogP contribution in [0, 0.1) is 0 Å². The second kappa shape index (κ2) is 9.30. The van der Waals surface area contributed by atoms with Gasteiger partial charge in [-0.05, 0) is 48.9 Å². The Balaban J connectivity index is 1.35. The van der Waals surface area contributed by atoms with E-state index in [1.165, 1.54) is 0 Å². The number of amides is 3. The monoisotopic (exact) mass is 416 g/mol. The van der Waals surface area contributed by atoms with Crippen molar-refractivity contribution in [1.82, 2.24) is 4.98 Å². The van der Waals surface area contributed by atoms with Crippen molar-refractivity contribution < 1.29 is 14.3 Å². The second-order valence-electron chi connectivity index (χ2n) is 7.13. The van der Waals surface area contributed by atoms with Gasteiger partial charge in [-0.2, -0.15) is 0 Å². The number of hydrogen-bond donors (Lipinski definition) is 1. The van der Waals surface area contributed by atoms with Gasteiger partial charge in [0.25, 0.3) is 0 Å². The highest BCUT2D eigenvalue weighted by Gasteiger charge is 2.31. The quantitative estimate of drug-likeness (QED) is 0.629. The van der Waals surface area contributed by atoms with Crippen LogP contribution in [0.25, 0.3) is 0 Å². The number of anilines is 3. The number of aromatic nitrogens is 1. The van der Waals surface area contributed by atoms with Gasteiger partial charge in [-0.25, -0.2) is 9.78 Å². The largest absolute Gasteiger partial charge is 0.494 e. The molecule has 3 aromatic rings. The molecule has 1 aromatic heterocycles. The molecule has 0 saturated carbocycles. The molecule has 0 aliphatic carbocycles. The molecule has 0 atom stereocenters. The lowest BCUT2D eigenvalue weighted by Crippen LogP contribution is -2.32. The van der Waals surface area contributed by atoms with E-state index >= 15 is 0 Å². The SMILES string of the molecule is CCOc1ccc(CC(=O)Nc2ccc(N3CCN(c4ccccc4)C3=O)nc2)cc1. The Bertz CT molecular complexity index is 1040. The van der Waals surface area contributed by atoms with Gasteiger partial charge in [0.2, 0.25) is 5.91 Å². The minimum atomic E-state index is -0.133. The maximum absolute atomic E-state index is 12.8. The van der Waals surface area contributed by atoms with Gasteiger partial charge in [0.05, 0.1) is 24.9 Å². The molecule has 1 saturated heterocycles. The highest BCUT2D eigenvalue weighted by molar-refractivity contribution is 6.05. The molecule has 1 aliphatic rings. The third kappa shape index (κ3) is 4.83. The van der Waals surface area contributed by atoms with Crippen molar-refractivity contribution in [3.8, 4) is 5.75 Å². The fraction of sp³-hybridized carbons (Fsp3) is 0.208. The molecular formula is C24H24N4O3. The highest BCUT2D eigenvalue weighted by atomic mass is 16.5. The lowest BCUT2D eigenvalue weighted by molar-refractivity contribution is -0.115. The molecule has 7 nitrogen and oxygen atoms in total. The zero-order valence-electron chi connectivity index (χ0n) is 17.3. The van der Waals surface area contributed by atoms with Gasteiger partial charge in [0, 0.05) is 18.8 Å². The Kier molecular flexibility index (Phi) is 6.12. The van der Waals surface area contributed by atoms with Gasteiger partial charge < -0.3 is 10.1 Å². The third-order valence-electron chi connectivity index (χ3n) is 4.98. The molecule has 158 valence electrons. The summed E-state index contributed by atoms with van der Waals surface area (Å²) in [7, 11) is 0. The maximum Gasteiger partial charge on any atom is 0.330 e. The molecule has 0 spiro atoms. The van der Waals surface area contributed by atoms with E-state index < -0.39 is 0 Å². The first-order valence-electron chi connectivity index (χ1n) is 10.3. The van der Waals surface area contributed by atoms with Crippen molar-refractivity contribution >= 4 is 29.1 Å². The number of hydrogen-bond acceptors (Lipinski definition) is 4. The summed E-state index contributed by atoms with van der Waals surface area (Å²) >= 11 is 0. The van der Waals surface area contributed by atoms with Crippen LogP contribution in [0.5, 0.6) is 5.75 Å². The van der Waals surface area contributed by atoms with Crippen LogP contribution in [-0.2, 0) is 11.2 Å². The fourth-order valence-corrected chi connectivity index (χ4v) is 3.48. The summed E-state index contributed by atoms with van der Waals surface area (Å²) in [5, 5.41) is 2.85. The van der Waals surface area contributed by atoms with Crippen LogP contribution in [0.3, 0.4) is 0 Å². The van der Waals surface area contributed by atoms with Crippen molar-refractivity contribution in [3.63, 3.8) is 0 Å². The molecule has 2 heterocycles. The van der Waals surface area contributed by atoms with E-state index in [9.17, 15) is 9.59 Å². The van der Waals surface area contributed by atoms with E-state index in [2.05, 4.69) is 10.3 Å². The first kappa shape index (κ1) is 20.4. The van der Waals surface area contributed by atoms with Crippen molar-refractivity contribution in [1.29, 1.82) is 0 Å².